The molecule has 184 valence electrons. The summed E-state index contributed by atoms with van der Waals surface area (Å²) in [6, 6.07) is 25.2. The summed E-state index contributed by atoms with van der Waals surface area (Å²) in [4.78, 5) is 28.7. The largest absolute Gasteiger partial charge is 0.352 e. The molecule has 0 radical (unpaired) electrons. The monoisotopic (exact) mass is 616 g/mol. The van der Waals surface area contributed by atoms with E-state index in [4.69, 9.17) is 0 Å². The topological polar surface area (TPSA) is 49.4 Å². The van der Waals surface area contributed by atoms with Crippen molar-refractivity contribution in [2.45, 2.75) is 44.6 Å². The smallest absolute Gasteiger partial charge is 0.243 e. The Kier molecular flexibility index (Phi) is 10.9. The van der Waals surface area contributed by atoms with Gasteiger partial charge < -0.3 is 10.2 Å². The average molecular weight is 618 g/mol. The van der Waals surface area contributed by atoms with Crippen molar-refractivity contribution in [3.8, 4) is 0 Å². The first kappa shape index (κ1) is 27.5. The first-order valence-corrected chi connectivity index (χ1v) is 14.3. The number of benzene rings is 3. The molecule has 0 bridgehead atoms. The number of thioether (sulfide) groups is 1. The van der Waals surface area contributed by atoms with E-state index < -0.39 is 6.04 Å². The van der Waals surface area contributed by atoms with Crippen LogP contribution in [0, 0.1) is 0 Å². The van der Waals surface area contributed by atoms with Gasteiger partial charge in [0, 0.05) is 33.7 Å². The van der Waals surface area contributed by atoms with Crippen LogP contribution >= 0.6 is 43.6 Å². The molecule has 0 aromatic heterocycles. The number of amides is 2. The van der Waals surface area contributed by atoms with E-state index in [1.165, 1.54) is 0 Å². The minimum absolute atomic E-state index is 0.0182. The first-order valence-electron chi connectivity index (χ1n) is 11.5. The second-order valence-corrected chi connectivity index (χ2v) is 11.5. The number of hydrogen-bond donors (Lipinski definition) is 1. The maximum Gasteiger partial charge on any atom is 0.243 e. The van der Waals surface area contributed by atoms with Gasteiger partial charge in [-0.1, -0.05) is 86.5 Å². The van der Waals surface area contributed by atoms with Crippen molar-refractivity contribution in [2.24, 2.45) is 0 Å². The lowest BCUT2D eigenvalue weighted by Gasteiger charge is -2.32. The minimum atomic E-state index is -0.612. The molecule has 0 aliphatic rings. The fraction of sp³-hybridized carbons (Fsp3) is 0.286. The number of nitrogens with zero attached hydrogens (tertiary/aromatic N) is 1. The van der Waals surface area contributed by atoms with Crippen molar-refractivity contribution in [2.75, 3.05) is 5.75 Å². The lowest BCUT2D eigenvalue weighted by molar-refractivity contribution is -0.139. The Bertz CT molecular complexity index is 1110. The standard InChI is InChI=1S/C28H30Br2N2O2S/c1-20(2)31-28(34)26(16-21-7-4-3-5-8-21)32(17-23-9-6-10-25(30)15-23)27(33)19-35-18-22-11-13-24(29)14-12-22/h3-15,20,26H,16-19H2,1-2H3,(H,31,34). The normalized spacial score (nSPS) is 11.8. The third kappa shape index (κ3) is 9.13. The van der Waals surface area contributed by atoms with E-state index in [-0.39, 0.29) is 17.9 Å². The Balaban J connectivity index is 1.84. The van der Waals surface area contributed by atoms with Crippen LogP contribution in [0.15, 0.2) is 87.8 Å². The summed E-state index contributed by atoms with van der Waals surface area (Å²) in [6.45, 7) is 4.23. The van der Waals surface area contributed by atoms with E-state index in [0.717, 1.165) is 31.4 Å². The SMILES string of the molecule is CC(C)NC(=O)C(Cc1ccccc1)N(Cc1cccc(Br)c1)C(=O)CSCc1ccc(Br)cc1. The van der Waals surface area contributed by atoms with E-state index in [1.54, 1.807) is 16.7 Å². The number of rotatable bonds is 11. The Morgan fingerprint density at radius 1 is 0.857 bits per heavy atom. The molecule has 1 atom stereocenters. The van der Waals surface area contributed by atoms with Gasteiger partial charge in [-0.05, 0) is 54.8 Å². The summed E-state index contributed by atoms with van der Waals surface area (Å²) >= 11 is 8.55. The zero-order valence-corrected chi connectivity index (χ0v) is 23.9. The molecule has 7 heteroatoms. The van der Waals surface area contributed by atoms with Crippen LogP contribution < -0.4 is 5.32 Å². The Morgan fingerprint density at radius 3 is 2.20 bits per heavy atom. The zero-order chi connectivity index (χ0) is 25.2. The molecular weight excluding hydrogens is 588 g/mol. The molecule has 0 saturated carbocycles. The molecule has 3 rings (SSSR count). The second kappa shape index (κ2) is 13.9. The minimum Gasteiger partial charge on any atom is -0.352 e. The maximum atomic E-state index is 13.6. The summed E-state index contributed by atoms with van der Waals surface area (Å²) in [6.07, 6.45) is 0.455. The predicted octanol–water partition coefficient (Wildman–Crippen LogP) is 6.61. The zero-order valence-electron chi connectivity index (χ0n) is 19.9. The molecule has 0 heterocycles. The van der Waals surface area contributed by atoms with Gasteiger partial charge >= 0.3 is 0 Å². The van der Waals surface area contributed by atoms with E-state index in [1.807, 2.05) is 80.6 Å². The van der Waals surface area contributed by atoms with Gasteiger partial charge in [0.05, 0.1) is 5.75 Å². The number of carbonyl (C=O) groups is 2. The van der Waals surface area contributed by atoms with E-state index in [0.29, 0.717) is 18.7 Å². The maximum absolute atomic E-state index is 13.6. The molecule has 1 N–H and O–H groups in total. The van der Waals surface area contributed by atoms with Crippen LogP contribution in [0.2, 0.25) is 0 Å². The van der Waals surface area contributed by atoms with Gasteiger partial charge in [0.2, 0.25) is 11.8 Å². The van der Waals surface area contributed by atoms with Gasteiger partial charge in [-0.3, -0.25) is 9.59 Å². The third-order valence-electron chi connectivity index (χ3n) is 5.35. The van der Waals surface area contributed by atoms with Crippen LogP contribution in [-0.4, -0.2) is 34.6 Å². The second-order valence-electron chi connectivity index (χ2n) is 8.64. The Morgan fingerprint density at radius 2 is 1.54 bits per heavy atom. The van der Waals surface area contributed by atoms with Gasteiger partial charge in [-0.25, -0.2) is 0 Å². The van der Waals surface area contributed by atoms with Gasteiger partial charge in [-0.15, -0.1) is 11.8 Å². The van der Waals surface area contributed by atoms with Crippen LogP contribution in [0.3, 0.4) is 0 Å². The Labute approximate surface area is 229 Å². The molecule has 0 aliphatic carbocycles. The highest BCUT2D eigenvalue weighted by molar-refractivity contribution is 9.10. The van der Waals surface area contributed by atoms with E-state index in [2.05, 4.69) is 49.3 Å². The van der Waals surface area contributed by atoms with Crippen LogP contribution in [-0.2, 0) is 28.3 Å². The van der Waals surface area contributed by atoms with Crippen molar-refractivity contribution in [1.29, 1.82) is 0 Å². The molecular formula is C28H30Br2N2O2S. The summed E-state index contributed by atoms with van der Waals surface area (Å²) < 4.78 is 1.97. The average Bonchev–Trinajstić information content (AvgIpc) is 2.82. The number of hydrogen-bond acceptors (Lipinski definition) is 3. The fourth-order valence-corrected chi connectivity index (χ4v) is 5.27. The van der Waals surface area contributed by atoms with Gasteiger partial charge in [-0.2, -0.15) is 0 Å². The summed E-state index contributed by atoms with van der Waals surface area (Å²) in [5.74, 6) is 0.840. The molecule has 0 fully saturated rings. The van der Waals surface area contributed by atoms with Gasteiger partial charge in [0.15, 0.2) is 0 Å². The number of carbonyl (C=O) groups excluding carboxylic acids is 2. The molecule has 0 spiro atoms. The molecule has 2 amide bonds. The van der Waals surface area contributed by atoms with E-state index >= 15 is 0 Å². The molecule has 3 aromatic carbocycles. The van der Waals surface area contributed by atoms with Crippen LogP contribution in [0.1, 0.15) is 30.5 Å². The molecule has 1 unspecified atom stereocenters. The van der Waals surface area contributed by atoms with Crippen molar-refractivity contribution < 1.29 is 9.59 Å². The fourth-order valence-electron chi connectivity index (χ4n) is 3.69. The predicted molar refractivity (Wildman–Crippen MR) is 152 cm³/mol. The highest BCUT2D eigenvalue weighted by Gasteiger charge is 2.30. The van der Waals surface area contributed by atoms with Crippen molar-refractivity contribution in [3.05, 3.63) is 104 Å². The molecule has 3 aromatic rings. The lowest BCUT2D eigenvalue weighted by atomic mass is 10.0. The Hall–Kier alpha value is -2.09. The van der Waals surface area contributed by atoms with Crippen molar-refractivity contribution in [1.82, 2.24) is 10.2 Å². The number of halogens is 2. The highest BCUT2D eigenvalue weighted by Crippen LogP contribution is 2.21. The lowest BCUT2D eigenvalue weighted by Crippen LogP contribution is -2.52. The number of nitrogens with one attached hydrogen (secondary N) is 1. The van der Waals surface area contributed by atoms with Crippen LogP contribution in [0.25, 0.3) is 0 Å². The van der Waals surface area contributed by atoms with Crippen molar-refractivity contribution in [3.63, 3.8) is 0 Å². The molecule has 4 nitrogen and oxygen atoms in total. The van der Waals surface area contributed by atoms with Crippen LogP contribution in [0.5, 0.6) is 0 Å². The van der Waals surface area contributed by atoms with E-state index in [9.17, 15) is 9.59 Å². The molecule has 35 heavy (non-hydrogen) atoms. The van der Waals surface area contributed by atoms with Gasteiger partial charge in [0.25, 0.3) is 0 Å². The summed E-state index contributed by atoms with van der Waals surface area (Å²) in [5, 5.41) is 3.03. The summed E-state index contributed by atoms with van der Waals surface area (Å²) in [7, 11) is 0. The molecule has 0 saturated heterocycles. The quantitative estimate of drug-likeness (QED) is 0.263. The molecule has 0 aliphatic heterocycles. The van der Waals surface area contributed by atoms with Crippen LogP contribution in [0.4, 0.5) is 0 Å². The third-order valence-corrected chi connectivity index (χ3v) is 7.36. The highest BCUT2D eigenvalue weighted by atomic mass is 79.9. The first-order chi connectivity index (χ1) is 16.8. The van der Waals surface area contributed by atoms with Crippen molar-refractivity contribution >= 4 is 55.4 Å². The summed E-state index contributed by atoms with van der Waals surface area (Å²) in [5.41, 5.74) is 3.15. The van der Waals surface area contributed by atoms with Gasteiger partial charge in [0.1, 0.15) is 6.04 Å².